The number of rotatable bonds is 9. The van der Waals surface area contributed by atoms with E-state index in [0.29, 0.717) is 12.0 Å². The minimum Gasteiger partial charge on any atom is -0.379 e. The lowest BCUT2D eigenvalue weighted by Crippen LogP contribution is -2.33. The molecule has 0 heterocycles. The summed E-state index contributed by atoms with van der Waals surface area (Å²) >= 11 is 0. The van der Waals surface area contributed by atoms with Crippen LogP contribution in [0, 0.1) is 5.92 Å². The second kappa shape index (κ2) is 8.08. The SMILES string of the molecule is CCCC(CCC)C(N)CCC(C)(C)OC. The largest absolute Gasteiger partial charge is 0.379 e. The van der Waals surface area contributed by atoms with Gasteiger partial charge in [0.1, 0.15) is 0 Å². The molecule has 0 saturated carbocycles. The quantitative estimate of drug-likeness (QED) is 0.654. The van der Waals surface area contributed by atoms with E-state index in [0.717, 1.165) is 12.8 Å². The van der Waals surface area contributed by atoms with E-state index < -0.39 is 0 Å². The lowest BCUT2D eigenvalue weighted by Gasteiger charge is -2.28. The lowest BCUT2D eigenvalue weighted by atomic mass is 9.86. The molecule has 0 spiro atoms. The molecule has 16 heavy (non-hydrogen) atoms. The van der Waals surface area contributed by atoms with Gasteiger partial charge in [-0.1, -0.05) is 26.7 Å². The van der Waals surface area contributed by atoms with Crippen LogP contribution in [0.2, 0.25) is 0 Å². The summed E-state index contributed by atoms with van der Waals surface area (Å²) < 4.78 is 5.43. The third-order valence-corrected chi connectivity index (χ3v) is 3.56. The highest BCUT2D eigenvalue weighted by Crippen LogP contribution is 2.23. The third kappa shape index (κ3) is 6.49. The summed E-state index contributed by atoms with van der Waals surface area (Å²) in [5, 5.41) is 0. The van der Waals surface area contributed by atoms with Crippen LogP contribution in [-0.2, 0) is 4.74 Å². The minimum absolute atomic E-state index is 0.0272. The Bertz CT molecular complexity index is 162. The van der Waals surface area contributed by atoms with Crippen LogP contribution in [0.25, 0.3) is 0 Å². The van der Waals surface area contributed by atoms with Gasteiger partial charge < -0.3 is 10.5 Å². The molecule has 0 radical (unpaired) electrons. The van der Waals surface area contributed by atoms with Crippen LogP contribution in [-0.4, -0.2) is 18.8 Å². The van der Waals surface area contributed by atoms with E-state index >= 15 is 0 Å². The Balaban J connectivity index is 4.04. The zero-order valence-corrected chi connectivity index (χ0v) is 11.9. The Morgan fingerprint density at radius 3 is 1.94 bits per heavy atom. The summed E-state index contributed by atoms with van der Waals surface area (Å²) in [5.41, 5.74) is 6.27. The summed E-state index contributed by atoms with van der Waals surface area (Å²) in [6, 6.07) is 0.342. The van der Waals surface area contributed by atoms with Gasteiger partial charge in [-0.05, 0) is 45.4 Å². The molecular formula is C14H31NO. The zero-order chi connectivity index (χ0) is 12.6. The number of hydrogen-bond acceptors (Lipinski definition) is 2. The number of hydrogen-bond donors (Lipinski definition) is 1. The predicted octanol–water partition coefficient (Wildman–Crippen LogP) is 3.74. The fourth-order valence-corrected chi connectivity index (χ4v) is 2.17. The smallest absolute Gasteiger partial charge is 0.0623 e. The van der Waals surface area contributed by atoms with Crippen molar-refractivity contribution >= 4 is 0 Å². The first-order chi connectivity index (χ1) is 7.46. The number of nitrogens with two attached hydrogens (primary N) is 1. The molecule has 0 aliphatic heterocycles. The van der Waals surface area contributed by atoms with Crippen LogP contribution in [0.5, 0.6) is 0 Å². The summed E-state index contributed by atoms with van der Waals surface area (Å²) in [6.07, 6.45) is 7.14. The van der Waals surface area contributed by atoms with Crippen LogP contribution in [0.3, 0.4) is 0 Å². The third-order valence-electron chi connectivity index (χ3n) is 3.56. The fraction of sp³-hybridized carbons (Fsp3) is 1.00. The summed E-state index contributed by atoms with van der Waals surface area (Å²) in [5.74, 6) is 0.697. The molecular weight excluding hydrogens is 198 g/mol. The van der Waals surface area contributed by atoms with Crippen molar-refractivity contribution in [1.82, 2.24) is 0 Å². The van der Waals surface area contributed by atoms with Gasteiger partial charge in [0.05, 0.1) is 5.60 Å². The van der Waals surface area contributed by atoms with E-state index in [4.69, 9.17) is 10.5 Å². The lowest BCUT2D eigenvalue weighted by molar-refractivity contribution is 0.0110. The van der Waals surface area contributed by atoms with Gasteiger partial charge in [0, 0.05) is 13.2 Å². The average Bonchev–Trinajstić information content (AvgIpc) is 2.26. The highest BCUT2D eigenvalue weighted by Gasteiger charge is 2.21. The molecule has 0 fully saturated rings. The normalized spacial score (nSPS) is 14.4. The molecule has 0 bridgehead atoms. The first kappa shape index (κ1) is 15.9. The van der Waals surface area contributed by atoms with Gasteiger partial charge in [-0.2, -0.15) is 0 Å². The monoisotopic (exact) mass is 229 g/mol. The second-order valence-corrected chi connectivity index (χ2v) is 5.50. The standard InChI is InChI=1S/C14H31NO/c1-6-8-12(9-7-2)13(15)10-11-14(3,4)16-5/h12-13H,6-11,15H2,1-5H3. The van der Waals surface area contributed by atoms with Crippen molar-refractivity contribution in [2.45, 2.75) is 77.9 Å². The van der Waals surface area contributed by atoms with Crippen LogP contribution in [0.1, 0.15) is 66.2 Å². The first-order valence-electron chi connectivity index (χ1n) is 6.77. The average molecular weight is 229 g/mol. The Hall–Kier alpha value is -0.0800. The van der Waals surface area contributed by atoms with Crippen molar-refractivity contribution < 1.29 is 4.74 Å². The molecule has 0 rings (SSSR count). The molecule has 0 amide bonds. The van der Waals surface area contributed by atoms with Gasteiger partial charge in [-0.15, -0.1) is 0 Å². The molecule has 2 nitrogen and oxygen atoms in total. The molecule has 2 heteroatoms. The molecule has 0 aromatic rings. The van der Waals surface area contributed by atoms with Crippen molar-refractivity contribution in [1.29, 1.82) is 0 Å². The van der Waals surface area contributed by atoms with Gasteiger partial charge in [0.2, 0.25) is 0 Å². The van der Waals surface area contributed by atoms with Gasteiger partial charge in [-0.3, -0.25) is 0 Å². The maximum absolute atomic E-state index is 6.30. The van der Waals surface area contributed by atoms with E-state index in [-0.39, 0.29) is 5.60 Å². The highest BCUT2D eigenvalue weighted by molar-refractivity contribution is 4.77. The highest BCUT2D eigenvalue weighted by atomic mass is 16.5. The van der Waals surface area contributed by atoms with Crippen LogP contribution < -0.4 is 5.73 Å². The van der Waals surface area contributed by atoms with Gasteiger partial charge in [0.15, 0.2) is 0 Å². The second-order valence-electron chi connectivity index (χ2n) is 5.50. The van der Waals surface area contributed by atoms with Crippen LogP contribution >= 0.6 is 0 Å². The molecule has 98 valence electrons. The Morgan fingerprint density at radius 1 is 1.06 bits per heavy atom. The Labute approximate surface area is 102 Å². The molecule has 0 aromatic heterocycles. The van der Waals surface area contributed by atoms with Crippen molar-refractivity contribution in [3.05, 3.63) is 0 Å². The molecule has 2 N–H and O–H groups in total. The summed E-state index contributed by atoms with van der Waals surface area (Å²) in [4.78, 5) is 0. The number of methoxy groups -OCH3 is 1. The van der Waals surface area contributed by atoms with Gasteiger partial charge in [0.25, 0.3) is 0 Å². The molecule has 0 aromatic carbocycles. The Morgan fingerprint density at radius 2 is 1.56 bits per heavy atom. The molecule has 1 atom stereocenters. The maximum Gasteiger partial charge on any atom is 0.0623 e. The number of ether oxygens (including phenoxy) is 1. The van der Waals surface area contributed by atoms with Crippen LogP contribution in [0.4, 0.5) is 0 Å². The van der Waals surface area contributed by atoms with Crippen LogP contribution in [0.15, 0.2) is 0 Å². The van der Waals surface area contributed by atoms with E-state index in [1.54, 1.807) is 7.11 Å². The molecule has 1 unspecified atom stereocenters. The maximum atomic E-state index is 6.30. The molecule has 0 aliphatic rings. The Kier molecular flexibility index (Phi) is 8.04. The molecule has 0 aliphatic carbocycles. The minimum atomic E-state index is -0.0272. The zero-order valence-electron chi connectivity index (χ0n) is 11.9. The van der Waals surface area contributed by atoms with E-state index in [1.165, 1.54) is 25.7 Å². The first-order valence-corrected chi connectivity index (χ1v) is 6.77. The fourth-order valence-electron chi connectivity index (χ4n) is 2.17. The van der Waals surface area contributed by atoms with Gasteiger partial charge in [-0.25, -0.2) is 0 Å². The molecule has 0 saturated heterocycles. The summed E-state index contributed by atoms with van der Waals surface area (Å²) in [7, 11) is 1.78. The van der Waals surface area contributed by atoms with E-state index in [9.17, 15) is 0 Å². The van der Waals surface area contributed by atoms with E-state index in [1.807, 2.05) is 0 Å². The van der Waals surface area contributed by atoms with Gasteiger partial charge >= 0.3 is 0 Å². The van der Waals surface area contributed by atoms with Crippen molar-refractivity contribution in [3.8, 4) is 0 Å². The topological polar surface area (TPSA) is 35.2 Å². The van der Waals surface area contributed by atoms with Crippen molar-refractivity contribution in [3.63, 3.8) is 0 Å². The van der Waals surface area contributed by atoms with E-state index in [2.05, 4.69) is 27.7 Å². The van der Waals surface area contributed by atoms with Crippen molar-refractivity contribution in [2.24, 2.45) is 11.7 Å². The van der Waals surface area contributed by atoms with Crippen molar-refractivity contribution in [2.75, 3.05) is 7.11 Å². The summed E-state index contributed by atoms with van der Waals surface area (Å²) in [6.45, 7) is 8.76. The predicted molar refractivity (Wildman–Crippen MR) is 71.6 cm³/mol.